The summed E-state index contributed by atoms with van der Waals surface area (Å²) < 4.78 is 36.8. The van der Waals surface area contributed by atoms with E-state index in [1.807, 2.05) is 0 Å². The Labute approximate surface area is 124 Å². The molecular formula is C14H10F2N2O2S. The summed E-state index contributed by atoms with van der Waals surface area (Å²) in [6.45, 7) is 0.183. The summed E-state index contributed by atoms with van der Waals surface area (Å²) in [4.78, 5) is 0. The van der Waals surface area contributed by atoms with Crippen molar-refractivity contribution >= 4 is 28.7 Å². The van der Waals surface area contributed by atoms with Crippen LogP contribution in [0, 0.1) is 11.6 Å². The lowest BCUT2D eigenvalue weighted by molar-refractivity contribution is 0.174. The molecule has 0 fully saturated rings. The molecule has 3 rings (SSSR count). The molecule has 1 heterocycles. The van der Waals surface area contributed by atoms with Gasteiger partial charge in [0.2, 0.25) is 6.79 Å². The molecule has 4 nitrogen and oxygen atoms in total. The standard InChI is InChI=1S/C14H10F2N2O2S/c15-8-1-3-11(10(16)5-8)18-14(21)17-9-2-4-12-13(6-9)20-7-19-12/h1-6H,7H2,(H2,17,18,21). The van der Waals surface area contributed by atoms with Crippen molar-refractivity contribution in [2.75, 3.05) is 17.4 Å². The quantitative estimate of drug-likeness (QED) is 0.831. The van der Waals surface area contributed by atoms with Crippen LogP contribution in [0.2, 0.25) is 0 Å². The zero-order valence-corrected chi connectivity index (χ0v) is 11.5. The van der Waals surface area contributed by atoms with Gasteiger partial charge in [0.25, 0.3) is 0 Å². The minimum Gasteiger partial charge on any atom is -0.454 e. The first-order valence-corrected chi connectivity index (χ1v) is 6.45. The van der Waals surface area contributed by atoms with Gasteiger partial charge in [-0.05, 0) is 36.5 Å². The van der Waals surface area contributed by atoms with Gasteiger partial charge in [-0.15, -0.1) is 0 Å². The molecule has 2 aromatic carbocycles. The molecule has 1 aliphatic heterocycles. The molecule has 0 bridgehead atoms. The molecule has 2 aromatic rings. The molecule has 108 valence electrons. The van der Waals surface area contributed by atoms with E-state index in [1.54, 1.807) is 18.2 Å². The van der Waals surface area contributed by atoms with Crippen LogP contribution < -0.4 is 20.1 Å². The van der Waals surface area contributed by atoms with E-state index in [0.29, 0.717) is 17.2 Å². The largest absolute Gasteiger partial charge is 0.454 e. The summed E-state index contributed by atoms with van der Waals surface area (Å²) >= 11 is 5.08. The molecule has 0 radical (unpaired) electrons. The first kappa shape index (κ1) is 13.6. The first-order chi connectivity index (χ1) is 10.1. The van der Waals surface area contributed by atoms with E-state index in [4.69, 9.17) is 21.7 Å². The van der Waals surface area contributed by atoms with Crippen LogP contribution in [0.1, 0.15) is 0 Å². The van der Waals surface area contributed by atoms with Crippen molar-refractivity contribution in [3.05, 3.63) is 48.0 Å². The van der Waals surface area contributed by atoms with Crippen LogP contribution in [-0.2, 0) is 0 Å². The molecule has 0 saturated heterocycles. The predicted molar refractivity (Wildman–Crippen MR) is 78.8 cm³/mol. The normalized spacial score (nSPS) is 12.1. The third kappa shape index (κ3) is 3.03. The number of hydrogen-bond donors (Lipinski definition) is 2. The average Bonchev–Trinajstić information content (AvgIpc) is 2.89. The van der Waals surface area contributed by atoms with Crippen LogP contribution in [0.3, 0.4) is 0 Å². The molecule has 7 heteroatoms. The Bertz CT molecular complexity index is 709. The summed E-state index contributed by atoms with van der Waals surface area (Å²) in [5, 5.41) is 5.73. The molecule has 0 atom stereocenters. The van der Waals surface area contributed by atoms with E-state index in [1.165, 1.54) is 6.07 Å². The van der Waals surface area contributed by atoms with Gasteiger partial charge in [0.05, 0.1) is 5.69 Å². The van der Waals surface area contributed by atoms with Crippen molar-refractivity contribution in [3.63, 3.8) is 0 Å². The third-order valence-corrected chi connectivity index (χ3v) is 3.01. The SMILES string of the molecule is Fc1ccc(NC(=S)Nc2ccc3c(c2)OCO3)c(F)c1. The maximum Gasteiger partial charge on any atom is 0.231 e. The van der Waals surface area contributed by atoms with Gasteiger partial charge in [-0.3, -0.25) is 0 Å². The molecule has 0 aromatic heterocycles. The minimum absolute atomic E-state index is 0.0923. The highest BCUT2D eigenvalue weighted by Crippen LogP contribution is 2.34. The third-order valence-electron chi connectivity index (χ3n) is 2.81. The van der Waals surface area contributed by atoms with Gasteiger partial charge in [0, 0.05) is 17.8 Å². The number of fused-ring (bicyclic) bond motifs is 1. The molecule has 0 saturated carbocycles. The Morgan fingerprint density at radius 2 is 1.81 bits per heavy atom. The van der Waals surface area contributed by atoms with E-state index in [2.05, 4.69) is 10.6 Å². The van der Waals surface area contributed by atoms with Gasteiger partial charge in [0.1, 0.15) is 11.6 Å². The molecule has 2 N–H and O–H groups in total. The zero-order valence-electron chi connectivity index (χ0n) is 10.7. The van der Waals surface area contributed by atoms with Crippen LogP contribution in [-0.4, -0.2) is 11.9 Å². The van der Waals surface area contributed by atoms with Crippen molar-refractivity contribution in [2.45, 2.75) is 0 Å². The minimum atomic E-state index is -0.718. The van der Waals surface area contributed by atoms with E-state index in [9.17, 15) is 8.78 Å². The predicted octanol–water partition coefficient (Wildman–Crippen LogP) is 3.50. The van der Waals surface area contributed by atoms with Crippen molar-refractivity contribution < 1.29 is 18.3 Å². The number of rotatable bonds is 2. The lowest BCUT2D eigenvalue weighted by atomic mass is 10.3. The average molecular weight is 308 g/mol. The van der Waals surface area contributed by atoms with Crippen molar-refractivity contribution in [1.82, 2.24) is 0 Å². The molecule has 0 amide bonds. The van der Waals surface area contributed by atoms with Crippen molar-refractivity contribution in [2.24, 2.45) is 0 Å². The fourth-order valence-electron chi connectivity index (χ4n) is 1.85. The highest BCUT2D eigenvalue weighted by atomic mass is 32.1. The number of halogens is 2. The van der Waals surface area contributed by atoms with Crippen molar-refractivity contribution in [1.29, 1.82) is 0 Å². The number of thiocarbonyl (C=S) groups is 1. The van der Waals surface area contributed by atoms with Gasteiger partial charge >= 0.3 is 0 Å². The monoisotopic (exact) mass is 308 g/mol. The van der Waals surface area contributed by atoms with E-state index in [0.717, 1.165) is 12.1 Å². The second-order valence-corrected chi connectivity index (χ2v) is 4.68. The highest BCUT2D eigenvalue weighted by Gasteiger charge is 2.13. The maximum absolute atomic E-state index is 13.5. The Kier molecular flexibility index (Phi) is 3.57. The summed E-state index contributed by atoms with van der Waals surface area (Å²) in [5.41, 5.74) is 0.758. The molecule has 0 spiro atoms. The van der Waals surface area contributed by atoms with Gasteiger partial charge in [-0.2, -0.15) is 0 Å². The number of ether oxygens (including phenoxy) is 2. The van der Waals surface area contributed by atoms with E-state index >= 15 is 0 Å². The van der Waals surface area contributed by atoms with E-state index < -0.39 is 11.6 Å². The lowest BCUT2D eigenvalue weighted by Crippen LogP contribution is -2.19. The van der Waals surface area contributed by atoms with Crippen LogP contribution in [0.25, 0.3) is 0 Å². The van der Waals surface area contributed by atoms with Gasteiger partial charge in [-0.25, -0.2) is 8.78 Å². The molecule has 1 aliphatic rings. The number of anilines is 2. The maximum atomic E-state index is 13.5. The number of benzene rings is 2. The van der Waals surface area contributed by atoms with E-state index in [-0.39, 0.29) is 17.6 Å². The summed E-state index contributed by atoms with van der Waals surface area (Å²) in [5.74, 6) is -0.0997. The number of nitrogens with one attached hydrogen (secondary N) is 2. The van der Waals surface area contributed by atoms with Crippen LogP contribution in [0.4, 0.5) is 20.2 Å². The van der Waals surface area contributed by atoms with Crippen LogP contribution in [0.15, 0.2) is 36.4 Å². The Balaban J connectivity index is 1.69. The molecule has 0 unspecified atom stereocenters. The van der Waals surface area contributed by atoms with Gasteiger partial charge in [0.15, 0.2) is 16.6 Å². The summed E-state index contributed by atoms with van der Waals surface area (Å²) in [6.07, 6.45) is 0. The van der Waals surface area contributed by atoms with Crippen LogP contribution in [0.5, 0.6) is 11.5 Å². The lowest BCUT2D eigenvalue weighted by Gasteiger charge is -2.11. The van der Waals surface area contributed by atoms with Gasteiger partial charge in [-0.1, -0.05) is 0 Å². The highest BCUT2D eigenvalue weighted by molar-refractivity contribution is 7.80. The van der Waals surface area contributed by atoms with Gasteiger partial charge < -0.3 is 20.1 Å². The molecular weight excluding hydrogens is 298 g/mol. The summed E-state index contributed by atoms with van der Waals surface area (Å²) in [6, 6.07) is 8.42. The second-order valence-electron chi connectivity index (χ2n) is 4.27. The summed E-state index contributed by atoms with van der Waals surface area (Å²) in [7, 11) is 0. The second kappa shape index (κ2) is 5.53. The first-order valence-electron chi connectivity index (χ1n) is 6.04. The zero-order chi connectivity index (χ0) is 14.8. The fourth-order valence-corrected chi connectivity index (χ4v) is 2.08. The fraction of sp³-hybridized carbons (Fsp3) is 0.0714. The Morgan fingerprint density at radius 1 is 1.00 bits per heavy atom. The Morgan fingerprint density at radius 3 is 2.62 bits per heavy atom. The topological polar surface area (TPSA) is 42.5 Å². The number of hydrogen-bond acceptors (Lipinski definition) is 3. The molecule has 0 aliphatic carbocycles. The molecule has 21 heavy (non-hydrogen) atoms. The van der Waals surface area contributed by atoms with Crippen molar-refractivity contribution in [3.8, 4) is 11.5 Å². The Hall–Kier alpha value is -2.41. The smallest absolute Gasteiger partial charge is 0.231 e. The van der Waals surface area contributed by atoms with Crippen LogP contribution >= 0.6 is 12.2 Å².